The van der Waals surface area contributed by atoms with Crippen molar-refractivity contribution in [3.63, 3.8) is 0 Å². The Kier molecular flexibility index (Phi) is 1.03. The average Bonchev–Trinajstić information content (AvgIpc) is 2.71. The molecule has 0 spiro atoms. The monoisotopic (exact) mass is 122 g/mol. The van der Waals surface area contributed by atoms with Gasteiger partial charge in [-0.05, 0) is 5.56 Å². The van der Waals surface area contributed by atoms with E-state index in [2.05, 4.69) is 12.1 Å². The van der Waals surface area contributed by atoms with Gasteiger partial charge in [0.1, 0.15) is 6.10 Å². The topological polar surface area (TPSA) is 12.5 Å². The number of hydrogen-bond donors (Lipinski definition) is 0. The predicted molar refractivity (Wildman–Crippen MR) is 35.1 cm³/mol. The molecule has 0 aliphatic carbocycles. The van der Waals surface area contributed by atoms with Crippen LogP contribution in [0.3, 0.4) is 0 Å². The van der Waals surface area contributed by atoms with Crippen molar-refractivity contribution in [2.24, 2.45) is 0 Å². The van der Waals surface area contributed by atoms with E-state index >= 15 is 0 Å². The van der Waals surface area contributed by atoms with E-state index in [1.54, 1.807) is 0 Å². The number of epoxide rings is 1. The molecule has 1 aromatic rings. The molecule has 0 N–H and O–H groups in total. The highest BCUT2D eigenvalue weighted by Gasteiger charge is 2.23. The molecule has 0 bridgehead atoms. The minimum Gasteiger partial charge on any atom is -0.368 e. The number of benzene rings is 1. The van der Waals surface area contributed by atoms with Crippen LogP contribution in [-0.4, -0.2) is 6.61 Å². The van der Waals surface area contributed by atoms with Gasteiger partial charge in [0.25, 0.3) is 0 Å². The Hall–Kier alpha value is -0.820. The number of ether oxygens (including phenoxy) is 1. The molecule has 1 aliphatic heterocycles. The first-order valence-electron chi connectivity index (χ1n) is 3.13. The fourth-order valence-corrected chi connectivity index (χ4v) is 0.908. The summed E-state index contributed by atoms with van der Waals surface area (Å²) >= 11 is 0. The maximum atomic E-state index is 5.09. The summed E-state index contributed by atoms with van der Waals surface area (Å²) in [5, 5.41) is 0. The Morgan fingerprint density at radius 3 is 2.44 bits per heavy atom. The summed E-state index contributed by atoms with van der Waals surface area (Å²) in [6.07, 6.45) is 0.409. The van der Waals surface area contributed by atoms with Crippen molar-refractivity contribution < 1.29 is 4.74 Å². The normalized spacial score (nSPS) is 23.8. The lowest BCUT2D eigenvalue weighted by molar-refractivity contribution is 0.415. The van der Waals surface area contributed by atoms with Crippen molar-refractivity contribution >= 4 is 0 Å². The molecule has 1 heterocycles. The Bertz CT molecular complexity index is 189. The highest BCUT2D eigenvalue weighted by molar-refractivity contribution is 5.19. The van der Waals surface area contributed by atoms with Gasteiger partial charge in [-0.1, -0.05) is 30.3 Å². The van der Waals surface area contributed by atoms with Crippen LogP contribution in [0.4, 0.5) is 0 Å². The summed E-state index contributed by atoms with van der Waals surface area (Å²) in [6.45, 7) is 0.907. The molecule has 0 amide bonds. The summed E-state index contributed by atoms with van der Waals surface area (Å²) < 4.78 is 5.09. The summed E-state index contributed by atoms with van der Waals surface area (Å²) in [5.41, 5.74) is 1.30. The molecule has 0 aromatic heterocycles. The molecule has 0 saturated carbocycles. The maximum absolute atomic E-state index is 5.09. The molecule has 9 heavy (non-hydrogen) atoms. The summed E-state index contributed by atoms with van der Waals surface area (Å²) in [6, 6.07) is 10.3. The van der Waals surface area contributed by atoms with Gasteiger partial charge in [-0.25, -0.2) is 0 Å². The van der Waals surface area contributed by atoms with Crippen LogP contribution in [0.25, 0.3) is 0 Å². The second-order valence-corrected chi connectivity index (χ2v) is 2.23. The minimum absolute atomic E-state index is 0.409. The molecule has 1 saturated heterocycles. The van der Waals surface area contributed by atoms with Crippen LogP contribution in [0.1, 0.15) is 11.7 Å². The maximum Gasteiger partial charge on any atom is 0.106 e. The van der Waals surface area contributed by atoms with Gasteiger partial charge < -0.3 is 4.74 Å². The van der Waals surface area contributed by atoms with E-state index in [1.165, 1.54) is 5.56 Å². The van der Waals surface area contributed by atoms with Gasteiger partial charge in [0.05, 0.1) is 6.61 Å². The van der Waals surface area contributed by atoms with Crippen molar-refractivity contribution in [2.45, 2.75) is 6.10 Å². The van der Waals surface area contributed by atoms with Crippen molar-refractivity contribution in [1.82, 2.24) is 0 Å². The van der Waals surface area contributed by atoms with Crippen LogP contribution in [0.5, 0.6) is 0 Å². The Balaban J connectivity index is 2.29. The van der Waals surface area contributed by atoms with Gasteiger partial charge in [0.15, 0.2) is 0 Å². The molecule has 1 fully saturated rings. The molecular formula is C8H8O. The van der Waals surface area contributed by atoms with Crippen molar-refractivity contribution in [1.29, 1.82) is 0 Å². The zero-order chi connectivity index (χ0) is 6.10. The highest BCUT2D eigenvalue weighted by atomic mass is 16.8. The van der Waals surface area contributed by atoms with Crippen molar-refractivity contribution in [2.75, 3.05) is 6.61 Å². The fourth-order valence-electron chi connectivity index (χ4n) is 0.908. The van der Waals surface area contributed by atoms with E-state index in [1.807, 2.05) is 18.2 Å². The van der Waals surface area contributed by atoms with Crippen molar-refractivity contribution in [3.8, 4) is 0 Å². The summed E-state index contributed by atoms with van der Waals surface area (Å²) in [4.78, 5) is 0. The second-order valence-electron chi connectivity index (χ2n) is 2.23. The molecule has 1 aliphatic rings. The van der Waals surface area contributed by atoms with E-state index in [9.17, 15) is 0 Å². The predicted octanol–water partition coefficient (Wildman–Crippen LogP) is 1.76. The lowest BCUT2D eigenvalue weighted by atomic mass is 10.3. The third-order valence-electron chi connectivity index (χ3n) is 1.50. The van der Waals surface area contributed by atoms with Crippen LogP contribution >= 0.6 is 0 Å². The van der Waals surface area contributed by atoms with Crippen LogP contribution in [0.2, 0.25) is 0 Å². The first-order chi connectivity index (χ1) is 4.47. The highest BCUT2D eigenvalue weighted by Crippen LogP contribution is 2.28. The first kappa shape index (κ1) is 5.00. The zero-order valence-electron chi connectivity index (χ0n) is 5.08. The molecule has 1 aromatic carbocycles. The van der Waals surface area contributed by atoms with Crippen molar-refractivity contribution in [3.05, 3.63) is 35.9 Å². The molecule has 1 heteroatoms. The van der Waals surface area contributed by atoms with Gasteiger partial charge >= 0.3 is 0 Å². The van der Waals surface area contributed by atoms with Crippen LogP contribution in [0.15, 0.2) is 30.3 Å². The standard InChI is InChI=1S/C8H8O/c1-2-4-7(5-3-1)8-6-9-8/h1-5,8H,6H2/t8-/m0/s1/i8+2. The third-order valence-corrected chi connectivity index (χ3v) is 1.50. The fraction of sp³-hybridized carbons (Fsp3) is 0.250. The molecule has 46 valence electrons. The Labute approximate surface area is 54.3 Å². The zero-order valence-corrected chi connectivity index (χ0v) is 5.08. The van der Waals surface area contributed by atoms with E-state index < -0.39 is 0 Å². The quantitative estimate of drug-likeness (QED) is 0.517. The van der Waals surface area contributed by atoms with Gasteiger partial charge in [0, 0.05) is 0 Å². The SMILES string of the molecule is c1ccc([14C@@H]2CO2)cc1. The van der Waals surface area contributed by atoms with Gasteiger partial charge in [-0.15, -0.1) is 0 Å². The van der Waals surface area contributed by atoms with Crippen LogP contribution in [0, 0.1) is 0 Å². The summed E-state index contributed by atoms with van der Waals surface area (Å²) in [7, 11) is 0. The van der Waals surface area contributed by atoms with E-state index in [0.29, 0.717) is 6.10 Å². The minimum atomic E-state index is 0.409. The van der Waals surface area contributed by atoms with Gasteiger partial charge in [-0.3, -0.25) is 0 Å². The Morgan fingerprint density at radius 1 is 1.22 bits per heavy atom. The molecule has 1 nitrogen and oxygen atoms in total. The lowest BCUT2D eigenvalue weighted by Gasteiger charge is -1.89. The number of rotatable bonds is 1. The van der Waals surface area contributed by atoms with Crippen LogP contribution < -0.4 is 0 Å². The number of hydrogen-bond acceptors (Lipinski definition) is 1. The Morgan fingerprint density at radius 2 is 1.89 bits per heavy atom. The van der Waals surface area contributed by atoms with Gasteiger partial charge in [0.2, 0.25) is 0 Å². The molecule has 2 rings (SSSR count). The molecule has 0 radical (unpaired) electrons. The van der Waals surface area contributed by atoms with Gasteiger partial charge in [-0.2, -0.15) is 0 Å². The second kappa shape index (κ2) is 1.85. The lowest BCUT2D eigenvalue weighted by Crippen LogP contribution is -1.75. The first-order valence-corrected chi connectivity index (χ1v) is 3.13. The van der Waals surface area contributed by atoms with E-state index in [4.69, 9.17) is 4.74 Å². The van der Waals surface area contributed by atoms with E-state index in [-0.39, 0.29) is 0 Å². The van der Waals surface area contributed by atoms with Crippen LogP contribution in [-0.2, 0) is 4.74 Å². The summed E-state index contributed by atoms with van der Waals surface area (Å²) in [5.74, 6) is 0. The molecular weight excluding hydrogens is 114 g/mol. The smallest absolute Gasteiger partial charge is 0.106 e. The molecule has 0 unspecified atom stereocenters. The largest absolute Gasteiger partial charge is 0.368 e. The van der Waals surface area contributed by atoms with E-state index in [0.717, 1.165) is 6.61 Å². The average molecular weight is 122 g/mol. The molecule has 1 atom stereocenters. The third kappa shape index (κ3) is 0.958.